The van der Waals surface area contributed by atoms with Gasteiger partial charge in [-0.2, -0.15) is 5.06 Å². The van der Waals surface area contributed by atoms with Crippen LogP contribution in [0.1, 0.15) is 24.0 Å². The molecule has 1 aliphatic heterocycles. The second kappa shape index (κ2) is 5.96. The molecule has 2 aromatic carbocycles. The SMILES string of the molecule is ON1CCC(C(F)(c2ccccc2)c2ccccc2)CC1. The minimum Gasteiger partial charge on any atom is -0.314 e. The summed E-state index contributed by atoms with van der Waals surface area (Å²) in [6.45, 7) is 1.05. The largest absolute Gasteiger partial charge is 0.314 e. The number of nitrogens with zero attached hydrogens (tertiary/aromatic N) is 1. The molecule has 3 rings (SSSR count). The lowest BCUT2D eigenvalue weighted by Crippen LogP contribution is -2.40. The molecular formula is C18H20FNO. The van der Waals surface area contributed by atoms with Crippen LogP contribution in [0.5, 0.6) is 0 Å². The van der Waals surface area contributed by atoms with E-state index in [1.807, 2.05) is 60.7 Å². The van der Waals surface area contributed by atoms with Gasteiger partial charge in [-0.3, -0.25) is 0 Å². The van der Waals surface area contributed by atoms with Gasteiger partial charge >= 0.3 is 0 Å². The summed E-state index contributed by atoms with van der Waals surface area (Å²) in [4.78, 5) is 0. The Hall–Kier alpha value is -1.71. The highest BCUT2D eigenvalue weighted by Gasteiger charge is 2.43. The van der Waals surface area contributed by atoms with Crippen LogP contribution in [0.15, 0.2) is 60.7 Å². The number of alkyl halides is 1. The van der Waals surface area contributed by atoms with Crippen LogP contribution >= 0.6 is 0 Å². The Morgan fingerprint density at radius 1 is 0.857 bits per heavy atom. The van der Waals surface area contributed by atoms with Crippen molar-refractivity contribution in [2.45, 2.75) is 18.5 Å². The van der Waals surface area contributed by atoms with Crippen LogP contribution in [0.4, 0.5) is 4.39 Å². The second-order valence-corrected chi connectivity index (χ2v) is 5.67. The topological polar surface area (TPSA) is 23.5 Å². The van der Waals surface area contributed by atoms with E-state index < -0.39 is 5.67 Å². The minimum absolute atomic E-state index is 0.120. The molecule has 0 atom stereocenters. The van der Waals surface area contributed by atoms with Gasteiger partial charge in [-0.1, -0.05) is 60.7 Å². The number of benzene rings is 2. The first-order valence-electron chi connectivity index (χ1n) is 7.45. The van der Waals surface area contributed by atoms with Crippen LogP contribution in [0, 0.1) is 5.92 Å². The molecule has 0 amide bonds. The molecule has 0 aliphatic carbocycles. The van der Waals surface area contributed by atoms with Crippen molar-refractivity contribution in [1.82, 2.24) is 5.06 Å². The fraction of sp³-hybridized carbons (Fsp3) is 0.333. The summed E-state index contributed by atoms with van der Waals surface area (Å²) in [5, 5.41) is 10.8. The summed E-state index contributed by atoms with van der Waals surface area (Å²) in [6, 6.07) is 18.8. The predicted octanol–water partition coefficient (Wildman–Crippen LogP) is 4.00. The van der Waals surface area contributed by atoms with Crippen molar-refractivity contribution in [3.63, 3.8) is 0 Å². The third-order valence-electron chi connectivity index (χ3n) is 4.42. The summed E-state index contributed by atoms with van der Waals surface area (Å²) in [7, 11) is 0. The zero-order chi connectivity index (χ0) is 14.7. The van der Waals surface area contributed by atoms with Crippen molar-refractivity contribution in [2.24, 2.45) is 5.92 Å². The lowest BCUT2D eigenvalue weighted by Gasteiger charge is -2.39. The molecule has 2 nitrogen and oxygen atoms in total. The molecule has 1 saturated heterocycles. The van der Waals surface area contributed by atoms with E-state index in [-0.39, 0.29) is 5.92 Å². The normalized spacial score (nSPS) is 17.8. The maximum atomic E-state index is 16.2. The molecule has 1 heterocycles. The van der Waals surface area contributed by atoms with Crippen molar-refractivity contribution in [3.8, 4) is 0 Å². The lowest BCUT2D eigenvalue weighted by molar-refractivity contribution is -0.122. The molecule has 21 heavy (non-hydrogen) atoms. The van der Waals surface area contributed by atoms with Crippen molar-refractivity contribution in [3.05, 3.63) is 71.8 Å². The molecule has 110 valence electrons. The number of hydrogen-bond donors (Lipinski definition) is 1. The molecule has 0 saturated carbocycles. The van der Waals surface area contributed by atoms with Crippen LogP contribution < -0.4 is 0 Å². The maximum absolute atomic E-state index is 16.2. The Kier molecular flexibility index (Phi) is 4.04. The smallest absolute Gasteiger partial charge is 0.163 e. The second-order valence-electron chi connectivity index (χ2n) is 5.67. The average Bonchev–Trinajstić information content (AvgIpc) is 2.56. The van der Waals surface area contributed by atoms with Gasteiger partial charge in [0.05, 0.1) is 0 Å². The van der Waals surface area contributed by atoms with E-state index in [9.17, 15) is 5.21 Å². The monoisotopic (exact) mass is 285 g/mol. The standard InChI is InChI=1S/C18H20FNO/c19-18(15-7-3-1-4-8-15,16-9-5-2-6-10-16)17-11-13-20(21)14-12-17/h1-10,17,21H,11-14H2. The summed E-state index contributed by atoms with van der Waals surface area (Å²) < 4.78 is 16.2. The van der Waals surface area contributed by atoms with E-state index in [2.05, 4.69) is 0 Å². The summed E-state index contributed by atoms with van der Waals surface area (Å²) in [5.41, 5.74) is -0.0933. The summed E-state index contributed by atoms with van der Waals surface area (Å²) in [5.74, 6) is -0.120. The number of halogens is 1. The summed E-state index contributed by atoms with van der Waals surface area (Å²) >= 11 is 0. The van der Waals surface area contributed by atoms with E-state index in [0.29, 0.717) is 37.1 Å². The number of hydrogen-bond acceptors (Lipinski definition) is 2. The van der Waals surface area contributed by atoms with Crippen LogP contribution in [-0.2, 0) is 5.67 Å². The van der Waals surface area contributed by atoms with E-state index in [1.54, 1.807) is 0 Å². The van der Waals surface area contributed by atoms with E-state index in [1.165, 1.54) is 5.06 Å². The van der Waals surface area contributed by atoms with E-state index in [0.717, 1.165) is 0 Å². The van der Waals surface area contributed by atoms with Crippen LogP contribution in [0.2, 0.25) is 0 Å². The first-order chi connectivity index (χ1) is 10.2. The van der Waals surface area contributed by atoms with E-state index in [4.69, 9.17) is 0 Å². The molecule has 2 aromatic rings. The molecule has 0 unspecified atom stereocenters. The molecule has 1 N–H and O–H groups in total. The zero-order valence-electron chi connectivity index (χ0n) is 12.0. The molecular weight excluding hydrogens is 265 g/mol. The van der Waals surface area contributed by atoms with Gasteiger partial charge in [-0.15, -0.1) is 0 Å². The van der Waals surface area contributed by atoms with Crippen molar-refractivity contribution < 1.29 is 9.60 Å². The molecule has 0 aromatic heterocycles. The first-order valence-corrected chi connectivity index (χ1v) is 7.45. The van der Waals surface area contributed by atoms with Gasteiger partial charge in [0, 0.05) is 19.0 Å². The molecule has 0 bridgehead atoms. The fourth-order valence-corrected chi connectivity index (χ4v) is 3.26. The number of hydroxylamine groups is 2. The highest BCUT2D eigenvalue weighted by atomic mass is 19.1. The minimum atomic E-state index is -1.50. The summed E-state index contributed by atoms with van der Waals surface area (Å²) in [6.07, 6.45) is 1.30. The Morgan fingerprint density at radius 2 is 1.29 bits per heavy atom. The fourth-order valence-electron chi connectivity index (χ4n) is 3.26. The number of rotatable bonds is 3. The van der Waals surface area contributed by atoms with Crippen molar-refractivity contribution in [1.29, 1.82) is 0 Å². The predicted molar refractivity (Wildman–Crippen MR) is 80.9 cm³/mol. The Labute approximate surface area is 124 Å². The van der Waals surface area contributed by atoms with Gasteiger partial charge in [-0.25, -0.2) is 4.39 Å². The maximum Gasteiger partial charge on any atom is 0.163 e. The van der Waals surface area contributed by atoms with Gasteiger partial charge in [0.25, 0.3) is 0 Å². The van der Waals surface area contributed by atoms with Crippen molar-refractivity contribution in [2.75, 3.05) is 13.1 Å². The third kappa shape index (κ3) is 2.71. The molecule has 0 radical (unpaired) electrons. The molecule has 3 heteroatoms. The molecule has 1 fully saturated rings. The van der Waals surface area contributed by atoms with E-state index >= 15 is 4.39 Å². The quantitative estimate of drug-likeness (QED) is 0.921. The van der Waals surface area contributed by atoms with Gasteiger partial charge in [0.15, 0.2) is 5.67 Å². The Morgan fingerprint density at radius 3 is 1.71 bits per heavy atom. The highest BCUT2D eigenvalue weighted by Crippen LogP contribution is 2.45. The lowest BCUT2D eigenvalue weighted by atomic mass is 9.73. The van der Waals surface area contributed by atoms with Gasteiger partial charge in [0.2, 0.25) is 0 Å². The van der Waals surface area contributed by atoms with Gasteiger partial charge in [-0.05, 0) is 24.0 Å². The highest BCUT2D eigenvalue weighted by molar-refractivity contribution is 5.37. The first kappa shape index (κ1) is 14.2. The Balaban J connectivity index is 2.03. The number of piperidine rings is 1. The zero-order valence-corrected chi connectivity index (χ0v) is 12.0. The van der Waals surface area contributed by atoms with Gasteiger partial charge < -0.3 is 5.21 Å². The average molecular weight is 285 g/mol. The van der Waals surface area contributed by atoms with Crippen LogP contribution in [-0.4, -0.2) is 23.4 Å². The third-order valence-corrected chi connectivity index (χ3v) is 4.42. The van der Waals surface area contributed by atoms with Crippen molar-refractivity contribution >= 4 is 0 Å². The van der Waals surface area contributed by atoms with Crippen LogP contribution in [0.3, 0.4) is 0 Å². The van der Waals surface area contributed by atoms with Gasteiger partial charge in [0.1, 0.15) is 0 Å². The molecule has 0 spiro atoms. The Bertz CT molecular complexity index is 525. The van der Waals surface area contributed by atoms with Crippen LogP contribution in [0.25, 0.3) is 0 Å². The molecule has 1 aliphatic rings.